The third kappa shape index (κ3) is 9.10. The van der Waals surface area contributed by atoms with Crippen molar-refractivity contribution in [1.82, 2.24) is 5.32 Å². The lowest BCUT2D eigenvalue weighted by molar-refractivity contribution is -0.0753. The van der Waals surface area contributed by atoms with Gasteiger partial charge in [0.1, 0.15) is 46.1 Å². The number of ether oxygens (including phenoxy) is 4. The molecule has 1 N–H and O–H groups in total. The molecular weight excluding hydrogens is 711 g/mol. The molecule has 4 heterocycles. The summed E-state index contributed by atoms with van der Waals surface area (Å²) in [6, 6.07) is 33.5. The number of benzene rings is 4. The van der Waals surface area contributed by atoms with Gasteiger partial charge in [0.25, 0.3) is 0 Å². The van der Waals surface area contributed by atoms with E-state index in [9.17, 15) is 14.4 Å². The van der Waals surface area contributed by atoms with Crippen LogP contribution in [0.5, 0.6) is 11.5 Å². The molecule has 6 aromatic rings. The van der Waals surface area contributed by atoms with Gasteiger partial charge in [-0.25, -0.2) is 14.4 Å². The van der Waals surface area contributed by atoms with E-state index in [1.807, 2.05) is 94.4 Å². The van der Waals surface area contributed by atoms with Gasteiger partial charge >= 0.3 is 17.3 Å². The molecule has 0 aliphatic carbocycles. The molecule has 286 valence electrons. The van der Waals surface area contributed by atoms with Crippen molar-refractivity contribution >= 4 is 40.2 Å². The minimum atomic E-state index is -0.740. The van der Waals surface area contributed by atoms with Crippen molar-refractivity contribution in [3.8, 4) is 11.5 Å². The van der Waals surface area contributed by atoms with Gasteiger partial charge < -0.3 is 27.8 Å². The van der Waals surface area contributed by atoms with E-state index in [1.165, 1.54) is 12.1 Å². The number of fused-ring (bicyclic) bond motifs is 4. The molecule has 2 aliphatic heterocycles. The number of nitrogens with one attached hydrogen (secondary N) is 1. The monoisotopic (exact) mass is 753 g/mol. The molecule has 0 saturated carbocycles. The van der Waals surface area contributed by atoms with E-state index < -0.39 is 29.0 Å². The van der Waals surface area contributed by atoms with Crippen LogP contribution >= 0.6 is 0 Å². The van der Waals surface area contributed by atoms with Crippen LogP contribution in [0, 0.1) is 0 Å². The SMILES string of the molecule is CC1(C)Oc2cc3oc(=O)ccc3cc2C[C@@H]1OC(=O)N/C=C/c1ccccc1.CC1(C)Oc2cc3oc(=O)ccc3cc2C[C@@H]1OC/C=C/c1ccccc1. The fourth-order valence-electron chi connectivity index (χ4n) is 6.68. The van der Waals surface area contributed by atoms with E-state index in [0.29, 0.717) is 29.9 Å². The summed E-state index contributed by atoms with van der Waals surface area (Å²) >= 11 is 0. The second-order valence-electron chi connectivity index (χ2n) is 14.7. The predicted octanol–water partition coefficient (Wildman–Crippen LogP) is 8.88. The van der Waals surface area contributed by atoms with E-state index in [2.05, 4.69) is 23.5 Å². The van der Waals surface area contributed by atoms with E-state index >= 15 is 0 Å². The van der Waals surface area contributed by atoms with Crippen molar-refractivity contribution in [2.24, 2.45) is 0 Å². The molecule has 2 atom stereocenters. The molecular formula is C46H43NO9. The Morgan fingerprint density at radius 2 is 1.18 bits per heavy atom. The average molecular weight is 754 g/mol. The number of rotatable bonds is 7. The van der Waals surface area contributed by atoms with Gasteiger partial charge in [0.15, 0.2) is 0 Å². The smallest absolute Gasteiger partial charge is 0.411 e. The molecule has 0 unspecified atom stereocenters. The van der Waals surface area contributed by atoms with Crippen molar-refractivity contribution in [2.75, 3.05) is 6.61 Å². The summed E-state index contributed by atoms with van der Waals surface area (Å²) in [5.74, 6) is 1.38. The van der Waals surface area contributed by atoms with Gasteiger partial charge in [-0.05, 0) is 80.3 Å². The summed E-state index contributed by atoms with van der Waals surface area (Å²) in [6.07, 6.45) is 7.57. The number of hydrogen-bond donors (Lipinski definition) is 1. The van der Waals surface area contributed by atoms with Gasteiger partial charge in [0, 0.05) is 54.1 Å². The highest BCUT2D eigenvalue weighted by atomic mass is 16.6. The van der Waals surface area contributed by atoms with Gasteiger partial charge in [-0.1, -0.05) is 72.8 Å². The Morgan fingerprint density at radius 3 is 1.73 bits per heavy atom. The van der Waals surface area contributed by atoms with Gasteiger partial charge in [0.2, 0.25) is 0 Å². The van der Waals surface area contributed by atoms with Crippen LogP contribution < -0.4 is 26.0 Å². The highest BCUT2D eigenvalue weighted by molar-refractivity contribution is 5.80. The molecule has 0 saturated heterocycles. The Bertz CT molecular complexity index is 2520. The van der Waals surface area contributed by atoms with Gasteiger partial charge in [-0.2, -0.15) is 0 Å². The van der Waals surface area contributed by atoms with E-state index in [0.717, 1.165) is 45.2 Å². The number of carbonyl (C=O) groups excluding carboxylic acids is 1. The topological polar surface area (TPSA) is 126 Å². The maximum Gasteiger partial charge on any atom is 0.411 e. The standard InChI is InChI=1S/C23H21NO5.C23H22O4/c1-23(2)20(28-22(26)24-11-10-15-6-4-3-5-7-15)13-17-12-16-8-9-21(25)27-18(16)14-19(17)29-23;1-23(2)21(25-12-6-9-16-7-4-3-5-8-16)14-18-13-17-10-11-22(24)26-19(17)15-20(18)27-23/h3-12,14,20H,13H2,1-2H3,(H,24,26);3-11,13,15,21H,12,14H2,1-2H3/b11-10+;9-6+/t20-;21-/m00/s1. The zero-order chi connectivity index (χ0) is 39.3. The van der Waals surface area contributed by atoms with Gasteiger partial charge in [-0.15, -0.1) is 0 Å². The molecule has 1 amide bonds. The molecule has 10 heteroatoms. The molecule has 0 fully saturated rings. The highest BCUT2D eigenvalue weighted by Crippen LogP contribution is 2.38. The molecule has 8 rings (SSSR count). The van der Waals surface area contributed by atoms with Crippen LogP contribution in [0.1, 0.15) is 49.9 Å². The summed E-state index contributed by atoms with van der Waals surface area (Å²) in [4.78, 5) is 35.2. The number of amides is 1. The minimum Gasteiger partial charge on any atom is -0.485 e. The molecule has 0 radical (unpaired) electrons. The van der Waals surface area contributed by atoms with Crippen LogP contribution in [0.2, 0.25) is 0 Å². The first kappa shape index (κ1) is 37.9. The fraction of sp³-hybridized carbons (Fsp3) is 0.239. The van der Waals surface area contributed by atoms with Crippen LogP contribution in [0.25, 0.3) is 34.1 Å². The maximum atomic E-state index is 12.3. The number of carbonyl (C=O) groups is 1. The van der Waals surface area contributed by atoms with Crippen molar-refractivity contribution in [3.05, 3.63) is 165 Å². The summed E-state index contributed by atoms with van der Waals surface area (Å²) < 4.78 is 34.5. The number of hydrogen-bond acceptors (Lipinski definition) is 9. The van der Waals surface area contributed by atoms with Crippen molar-refractivity contribution < 1.29 is 32.6 Å². The average Bonchev–Trinajstić information content (AvgIpc) is 3.16. The molecule has 2 aliphatic rings. The molecule has 4 aromatic carbocycles. The van der Waals surface area contributed by atoms with Gasteiger partial charge in [0.05, 0.1) is 6.61 Å². The van der Waals surface area contributed by atoms with E-state index in [4.69, 9.17) is 27.8 Å². The molecule has 10 nitrogen and oxygen atoms in total. The molecule has 0 bridgehead atoms. The quantitative estimate of drug-likeness (QED) is 0.159. The minimum absolute atomic E-state index is 0.0707. The van der Waals surface area contributed by atoms with Crippen LogP contribution in [0.15, 0.2) is 140 Å². The Morgan fingerprint density at radius 1 is 0.679 bits per heavy atom. The zero-order valence-corrected chi connectivity index (χ0v) is 31.7. The summed E-state index contributed by atoms with van der Waals surface area (Å²) in [5, 5.41) is 4.31. The van der Waals surface area contributed by atoms with Crippen LogP contribution in [0.3, 0.4) is 0 Å². The van der Waals surface area contributed by atoms with E-state index in [-0.39, 0.29) is 11.7 Å². The normalized spacial score (nSPS) is 17.9. The Kier molecular flexibility index (Phi) is 10.9. The Labute approximate surface area is 324 Å². The molecule has 0 spiro atoms. The van der Waals surface area contributed by atoms with Crippen molar-refractivity contribution in [2.45, 2.75) is 63.9 Å². The largest absolute Gasteiger partial charge is 0.485 e. The second kappa shape index (κ2) is 16.1. The summed E-state index contributed by atoms with van der Waals surface area (Å²) in [6.45, 7) is 8.28. The fourth-order valence-corrected chi connectivity index (χ4v) is 6.68. The third-order valence-electron chi connectivity index (χ3n) is 9.74. The predicted molar refractivity (Wildman–Crippen MR) is 216 cm³/mol. The Balaban J connectivity index is 0.000000172. The lowest BCUT2D eigenvalue weighted by Crippen LogP contribution is -2.49. The Hall–Kier alpha value is -6.39. The lowest BCUT2D eigenvalue weighted by atomic mass is 9.90. The van der Waals surface area contributed by atoms with Crippen LogP contribution in [-0.4, -0.2) is 36.1 Å². The second-order valence-corrected chi connectivity index (χ2v) is 14.7. The first-order valence-electron chi connectivity index (χ1n) is 18.5. The summed E-state index contributed by atoms with van der Waals surface area (Å²) in [7, 11) is 0. The van der Waals surface area contributed by atoms with Gasteiger partial charge in [-0.3, -0.25) is 5.32 Å². The van der Waals surface area contributed by atoms with Crippen LogP contribution in [-0.2, 0) is 22.3 Å². The molecule has 56 heavy (non-hydrogen) atoms. The van der Waals surface area contributed by atoms with Crippen molar-refractivity contribution in [1.29, 1.82) is 0 Å². The maximum absolute atomic E-state index is 12.3. The molecule has 2 aromatic heterocycles. The number of alkyl carbamates (subject to hydrolysis) is 1. The third-order valence-corrected chi connectivity index (χ3v) is 9.74. The van der Waals surface area contributed by atoms with E-state index in [1.54, 1.807) is 36.5 Å². The summed E-state index contributed by atoms with van der Waals surface area (Å²) in [5.41, 5.74) is 3.11. The van der Waals surface area contributed by atoms with Crippen LogP contribution in [0.4, 0.5) is 4.79 Å². The first-order chi connectivity index (χ1) is 26.9. The first-order valence-corrected chi connectivity index (χ1v) is 18.5. The highest BCUT2D eigenvalue weighted by Gasteiger charge is 2.40. The zero-order valence-electron chi connectivity index (χ0n) is 31.7. The van der Waals surface area contributed by atoms with Crippen molar-refractivity contribution in [3.63, 3.8) is 0 Å². The lowest BCUT2D eigenvalue weighted by Gasteiger charge is -2.39.